The number of rotatable bonds is 3. The van der Waals surface area contributed by atoms with Crippen molar-refractivity contribution >= 4 is 15.9 Å². The Morgan fingerprint density at radius 3 is 2.94 bits per heavy atom. The molecule has 2 rings (SSSR count). The van der Waals surface area contributed by atoms with Gasteiger partial charge < -0.3 is 4.98 Å². The second-order valence-corrected chi connectivity index (χ2v) is 4.76. The van der Waals surface area contributed by atoms with Gasteiger partial charge in [-0.1, -0.05) is 19.4 Å². The summed E-state index contributed by atoms with van der Waals surface area (Å²) in [5, 5.41) is 0. The second kappa shape index (κ2) is 5.44. The lowest BCUT2D eigenvalue weighted by atomic mass is 10.0. The first-order chi connectivity index (χ1) is 8.65. The van der Waals surface area contributed by atoms with E-state index in [4.69, 9.17) is 0 Å². The number of hydrogen-bond acceptors (Lipinski definition) is 2. The van der Waals surface area contributed by atoms with Crippen LogP contribution in [0.2, 0.25) is 0 Å². The molecule has 0 spiro atoms. The van der Waals surface area contributed by atoms with Crippen LogP contribution in [-0.4, -0.2) is 9.97 Å². The van der Waals surface area contributed by atoms with Crippen molar-refractivity contribution in [3.63, 3.8) is 0 Å². The van der Waals surface area contributed by atoms with Gasteiger partial charge in [-0.05, 0) is 34.5 Å². The molecule has 0 aliphatic heterocycles. The van der Waals surface area contributed by atoms with Crippen molar-refractivity contribution in [2.24, 2.45) is 0 Å². The van der Waals surface area contributed by atoms with E-state index in [0.717, 1.165) is 6.42 Å². The Labute approximate surface area is 112 Å². The molecule has 1 N–H and O–H groups in total. The highest BCUT2D eigenvalue weighted by molar-refractivity contribution is 9.10. The summed E-state index contributed by atoms with van der Waals surface area (Å²) >= 11 is 3.14. The van der Waals surface area contributed by atoms with Crippen LogP contribution in [0.1, 0.15) is 18.9 Å². The van der Waals surface area contributed by atoms with Crippen LogP contribution in [0.5, 0.6) is 0 Å². The van der Waals surface area contributed by atoms with Crippen LogP contribution in [0.3, 0.4) is 0 Å². The molecule has 18 heavy (non-hydrogen) atoms. The van der Waals surface area contributed by atoms with Crippen molar-refractivity contribution in [3.8, 4) is 11.3 Å². The van der Waals surface area contributed by atoms with Gasteiger partial charge in [0, 0.05) is 11.1 Å². The summed E-state index contributed by atoms with van der Waals surface area (Å²) in [6, 6.07) is 4.97. The van der Waals surface area contributed by atoms with Crippen LogP contribution in [0.4, 0.5) is 4.39 Å². The van der Waals surface area contributed by atoms with Gasteiger partial charge in [0.1, 0.15) is 5.82 Å². The summed E-state index contributed by atoms with van der Waals surface area (Å²) in [6.07, 6.45) is 2.68. The van der Waals surface area contributed by atoms with E-state index >= 15 is 0 Å². The fourth-order valence-electron chi connectivity index (χ4n) is 1.83. The number of H-pyrrole nitrogens is 1. The first-order valence-corrected chi connectivity index (χ1v) is 6.45. The summed E-state index contributed by atoms with van der Waals surface area (Å²) in [5.74, 6) is -0.395. The van der Waals surface area contributed by atoms with Crippen LogP contribution in [0, 0.1) is 5.82 Å². The van der Waals surface area contributed by atoms with Gasteiger partial charge in [0.2, 0.25) is 0 Å². The summed E-state index contributed by atoms with van der Waals surface area (Å²) in [7, 11) is 0. The minimum absolute atomic E-state index is 0.207. The van der Waals surface area contributed by atoms with Gasteiger partial charge in [0.15, 0.2) is 0 Å². The molecule has 0 saturated carbocycles. The molecule has 3 nitrogen and oxygen atoms in total. The number of hydrogen-bond donors (Lipinski definition) is 1. The number of halogens is 2. The Hall–Kier alpha value is -1.49. The van der Waals surface area contributed by atoms with Gasteiger partial charge in [-0.25, -0.2) is 9.37 Å². The Morgan fingerprint density at radius 1 is 1.44 bits per heavy atom. The molecule has 0 atom stereocenters. The van der Waals surface area contributed by atoms with Crippen LogP contribution in [0.15, 0.2) is 33.8 Å². The number of aromatic nitrogens is 2. The smallest absolute Gasteiger partial charge is 0.254 e. The van der Waals surface area contributed by atoms with Gasteiger partial charge in [-0.2, -0.15) is 0 Å². The van der Waals surface area contributed by atoms with Crippen LogP contribution in [0.25, 0.3) is 11.3 Å². The van der Waals surface area contributed by atoms with E-state index in [1.807, 2.05) is 6.92 Å². The molecule has 1 aromatic heterocycles. The zero-order valence-electron chi connectivity index (χ0n) is 9.84. The standard InChI is InChI=1S/C13H12BrFN2O/c1-2-4-9-12(16-7-17-13(9)18)8-5-3-6-10(14)11(8)15/h3,5-7H,2,4H2,1H3,(H,16,17,18). The Morgan fingerprint density at radius 2 is 2.22 bits per heavy atom. The molecule has 5 heteroatoms. The fourth-order valence-corrected chi connectivity index (χ4v) is 2.19. The number of benzene rings is 1. The topological polar surface area (TPSA) is 45.8 Å². The molecule has 1 heterocycles. The molecule has 0 fully saturated rings. The van der Waals surface area contributed by atoms with Crippen molar-refractivity contribution in [2.75, 3.05) is 0 Å². The third-order valence-corrected chi connectivity index (χ3v) is 3.27. The summed E-state index contributed by atoms with van der Waals surface area (Å²) in [4.78, 5) is 18.4. The van der Waals surface area contributed by atoms with Crippen LogP contribution < -0.4 is 5.56 Å². The van der Waals surface area contributed by atoms with Gasteiger partial charge in [0.25, 0.3) is 5.56 Å². The van der Waals surface area contributed by atoms with Crippen LogP contribution in [-0.2, 0) is 6.42 Å². The Balaban J connectivity index is 2.67. The molecule has 0 aliphatic rings. The van der Waals surface area contributed by atoms with Gasteiger partial charge in [0.05, 0.1) is 16.5 Å². The van der Waals surface area contributed by atoms with Crippen LogP contribution >= 0.6 is 15.9 Å². The lowest BCUT2D eigenvalue weighted by Crippen LogP contribution is -2.15. The molecule has 0 aliphatic carbocycles. The van der Waals surface area contributed by atoms with E-state index in [-0.39, 0.29) is 5.56 Å². The lowest BCUT2D eigenvalue weighted by molar-refractivity contribution is 0.623. The highest BCUT2D eigenvalue weighted by Crippen LogP contribution is 2.27. The molecule has 0 radical (unpaired) electrons. The fraction of sp³-hybridized carbons (Fsp3) is 0.231. The first-order valence-electron chi connectivity index (χ1n) is 5.66. The van der Waals surface area contributed by atoms with Gasteiger partial charge in [-0.3, -0.25) is 4.79 Å². The number of nitrogens with one attached hydrogen (secondary N) is 1. The quantitative estimate of drug-likeness (QED) is 0.945. The molecular formula is C13H12BrFN2O. The largest absolute Gasteiger partial charge is 0.313 e. The van der Waals surface area contributed by atoms with Crippen molar-refractivity contribution in [1.29, 1.82) is 0 Å². The lowest BCUT2D eigenvalue weighted by Gasteiger charge is -2.08. The highest BCUT2D eigenvalue weighted by atomic mass is 79.9. The van der Waals surface area contributed by atoms with E-state index in [1.54, 1.807) is 18.2 Å². The molecule has 2 aromatic rings. The average molecular weight is 311 g/mol. The third kappa shape index (κ3) is 2.36. The SMILES string of the molecule is CCCc1c(-c2cccc(Br)c2F)nc[nH]c1=O. The molecular weight excluding hydrogens is 299 g/mol. The van der Waals surface area contributed by atoms with Gasteiger partial charge in [-0.15, -0.1) is 0 Å². The van der Waals surface area contributed by atoms with Crippen molar-refractivity contribution < 1.29 is 4.39 Å². The summed E-state index contributed by atoms with van der Waals surface area (Å²) in [6.45, 7) is 1.97. The molecule has 94 valence electrons. The van der Waals surface area contributed by atoms with Gasteiger partial charge >= 0.3 is 0 Å². The highest BCUT2D eigenvalue weighted by Gasteiger charge is 2.15. The Bertz CT molecular complexity index is 625. The predicted molar refractivity (Wildman–Crippen MR) is 71.9 cm³/mol. The van der Waals surface area contributed by atoms with E-state index in [2.05, 4.69) is 25.9 Å². The van der Waals surface area contributed by atoms with E-state index in [0.29, 0.717) is 27.7 Å². The predicted octanol–water partition coefficient (Wildman–Crippen LogP) is 3.29. The van der Waals surface area contributed by atoms with Crippen molar-refractivity contribution in [3.05, 3.63) is 50.7 Å². The average Bonchev–Trinajstić information content (AvgIpc) is 2.36. The Kier molecular flexibility index (Phi) is 3.91. The zero-order valence-corrected chi connectivity index (χ0v) is 11.4. The van der Waals surface area contributed by atoms with E-state index in [1.165, 1.54) is 6.33 Å². The maximum Gasteiger partial charge on any atom is 0.254 e. The summed E-state index contributed by atoms with van der Waals surface area (Å²) in [5.41, 5.74) is 1.08. The normalized spacial score (nSPS) is 10.6. The molecule has 0 saturated heterocycles. The maximum absolute atomic E-state index is 14.0. The molecule has 0 unspecified atom stereocenters. The minimum Gasteiger partial charge on any atom is -0.313 e. The zero-order chi connectivity index (χ0) is 13.1. The first kappa shape index (κ1) is 13.0. The number of nitrogens with zero attached hydrogens (tertiary/aromatic N) is 1. The van der Waals surface area contributed by atoms with Crippen molar-refractivity contribution in [1.82, 2.24) is 9.97 Å². The van der Waals surface area contributed by atoms with Crippen molar-refractivity contribution in [2.45, 2.75) is 19.8 Å². The monoisotopic (exact) mass is 310 g/mol. The molecule has 0 amide bonds. The summed E-state index contributed by atoms with van der Waals surface area (Å²) < 4.78 is 14.4. The second-order valence-electron chi connectivity index (χ2n) is 3.91. The van der Waals surface area contributed by atoms with E-state index in [9.17, 15) is 9.18 Å². The third-order valence-electron chi connectivity index (χ3n) is 2.66. The van der Waals surface area contributed by atoms with E-state index < -0.39 is 5.82 Å². The maximum atomic E-state index is 14.0. The minimum atomic E-state index is -0.395. The molecule has 1 aromatic carbocycles. The molecule has 0 bridgehead atoms. The number of aromatic amines is 1.